The third kappa shape index (κ3) is 3.62. The van der Waals surface area contributed by atoms with Gasteiger partial charge in [-0.25, -0.2) is 0 Å². The van der Waals surface area contributed by atoms with Gasteiger partial charge in [0.25, 0.3) is 0 Å². The molecule has 118 valence electrons. The molecular weight excluding hydrogens is 326 g/mol. The van der Waals surface area contributed by atoms with Gasteiger partial charge in [0.1, 0.15) is 0 Å². The second-order valence-electron chi connectivity index (χ2n) is 7.39. The summed E-state index contributed by atoms with van der Waals surface area (Å²) >= 11 is 3.63. The second kappa shape index (κ2) is 6.29. The molecule has 2 atom stereocenters. The fraction of sp³-hybridized carbons (Fsp3) is 0.667. The van der Waals surface area contributed by atoms with E-state index in [1.165, 1.54) is 21.3 Å². The van der Waals surface area contributed by atoms with Gasteiger partial charge in [0, 0.05) is 28.2 Å². The van der Waals surface area contributed by atoms with E-state index in [0.29, 0.717) is 18.1 Å². The molecule has 0 amide bonds. The lowest BCUT2D eigenvalue weighted by atomic mass is 9.64. The highest BCUT2D eigenvalue weighted by atomic mass is 79.9. The van der Waals surface area contributed by atoms with Crippen LogP contribution in [-0.2, 0) is 4.74 Å². The maximum absolute atomic E-state index is 6.04. The number of nitrogens with one attached hydrogen (secondary N) is 1. The van der Waals surface area contributed by atoms with Gasteiger partial charge in [0.2, 0.25) is 0 Å². The van der Waals surface area contributed by atoms with Gasteiger partial charge in [0.15, 0.2) is 0 Å². The van der Waals surface area contributed by atoms with Crippen LogP contribution in [0, 0.1) is 25.2 Å². The fourth-order valence-electron chi connectivity index (χ4n) is 2.95. The first-order valence-corrected chi connectivity index (χ1v) is 8.66. The second-order valence-corrected chi connectivity index (χ2v) is 8.19. The van der Waals surface area contributed by atoms with Gasteiger partial charge in [-0.05, 0) is 49.4 Å². The van der Waals surface area contributed by atoms with Crippen LogP contribution in [0.4, 0.5) is 5.69 Å². The lowest BCUT2D eigenvalue weighted by Crippen LogP contribution is -2.58. The topological polar surface area (TPSA) is 21.3 Å². The van der Waals surface area contributed by atoms with Gasteiger partial charge in [-0.15, -0.1) is 0 Å². The van der Waals surface area contributed by atoms with Crippen molar-refractivity contribution in [3.63, 3.8) is 0 Å². The van der Waals surface area contributed by atoms with E-state index in [1.54, 1.807) is 0 Å². The lowest BCUT2D eigenvalue weighted by molar-refractivity contribution is -0.108. The van der Waals surface area contributed by atoms with Crippen molar-refractivity contribution >= 4 is 21.6 Å². The third-order valence-corrected chi connectivity index (χ3v) is 5.84. The van der Waals surface area contributed by atoms with E-state index in [1.807, 2.05) is 0 Å². The molecule has 0 saturated heterocycles. The van der Waals surface area contributed by atoms with Gasteiger partial charge in [0.05, 0.1) is 6.10 Å². The molecule has 1 N–H and O–H groups in total. The van der Waals surface area contributed by atoms with Crippen LogP contribution in [0.15, 0.2) is 16.6 Å². The SMILES string of the molecule is Cc1cc(NC2CC(OCC(C)C)C2(C)C)cc(C)c1Br. The number of halogens is 1. The fourth-order valence-corrected chi connectivity index (χ4v) is 3.18. The van der Waals surface area contributed by atoms with Crippen LogP contribution in [0.2, 0.25) is 0 Å². The molecule has 1 aromatic carbocycles. The maximum Gasteiger partial charge on any atom is 0.0665 e. The van der Waals surface area contributed by atoms with Crippen LogP contribution in [0.5, 0.6) is 0 Å². The number of rotatable bonds is 5. The number of hydrogen-bond acceptors (Lipinski definition) is 2. The Morgan fingerprint density at radius 1 is 1.29 bits per heavy atom. The van der Waals surface area contributed by atoms with Crippen molar-refractivity contribution < 1.29 is 4.74 Å². The first-order chi connectivity index (χ1) is 9.71. The lowest BCUT2D eigenvalue weighted by Gasteiger charge is -2.52. The molecule has 0 aliphatic heterocycles. The Morgan fingerprint density at radius 2 is 1.86 bits per heavy atom. The Kier molecular flexibility index (Phi) is 5.04. The third-order valence-electron chi connectivity index (χ3n) is 4.59. The molecule has 0 spiro atoms. The number of hydrogen-bond donors (Lipinski definition) is 1. The van der Waals surface area contributed by atoms with Crippen LogP contribution in [0.1, 0.15) is 45.2 Å². The molecular formula is C18H28BrNO. The Balaban J connectivity index is 1.99. The minimum Gasteiger partial charge on any atom is -0.382 e. The molecule has 1 aromatic rings. The summed E-state index contributed by atoms with van der Waals surface area (Å²) in [5.41, 5.74) is 3.96. The molecule has 2 nitrogen and oxygen atoms in total. The Bertz CT molecular complexity index is 487. The average Bonchev–Trinajstić information content (AvgIpc) is 2.38. The zero-order valence-corrected chi connectivity index (χ0v) is 15.7. The molecule has 1 aliphatic carbocycles. The standard InChI is InChI=1S/C18H28BrNO/c1-11(2)10-21-16-9-15(18(16,5)6)20-14-7-12(3)17(19)13(4)8-14/h7-8,11,15-16,20H,9-10H2,1-6H3. The predicted octanol–water partition coefficient (Wildman–Crippen LogP) is 5.32. The smallest absolute Gasteiger partial charge is 0.0665 e. The molecule has 0 radical (unpaired) electrons. The normalized spacial score (nSPS) is 24.0. The van der Waals surface area contributed by atoms with Crippen molar-refractivity contribution in [2.24, 2.45) is 11.3 Å². The zero-order chi connectivity index (χ0) is 15.8. The Morgan fingerprint density at radius 3 is 2.33 bits per heavy atom. The maximum atomic E-state index is 6.04. The van der Waals surface area contributed by atoms with Crippen molar-refractivity contribution in [2.45, 2.75) is 60.1 Å². The molecule has 2 rings (SSSR count). The Hall–Kier alpha value is -0.540. The number of ether oxygens (including phenoxy) is 1. The van der Waals surface area contributed by atoms with Crippen LogP contribution >= 0.6 is 15.9 Å². The molecule has 1 saturated carbocycles. The van der Waals surface area contributed by atoms with Crippen molar-refractivity contribution in [1.29, 1.82) is 0 Å². The molecule has 1 aliphatic rings. The van der Waals surface area contributed by atoms with Crippen LogP contribution in [0.25, 0.3) is 0 Å². The van der Waals surface area contributed by atoms with E-state index in [2.05, 4.69) is 74.9 Å². The van der Waals surface area contributed by atoms with Crippen molar-refractivity contribution in [2.75, 3.05) is 11.9 Å². The van der Waals surface area contributed by atoms with Crippen LogP contribution in [0.3, 0.4) is 0 Å². The summed E-state index contributed by atoms with van der Waals surface area (Å²) in [6.07, 6.45) is 1.46. The molecule has 21 heavy (non-hydrogen) atoms. The summed E-state index contributed by atoms with van der Waals surface area (Å²) in [4.78, 5) is 0. The highest BCUT2D eigenvalue weighted by Gasteiger charge is 2.49. The van der Waals surface area contributed by atoms with Gasteiger partial charge in [-0.2, -0.15) is 0 Å². The van der Waals surface area contributed by atoms with Crippen molar-refractivity contribution in [1.82, 2.24) is 0 Å². The number of benzene rings is 1. The highest BCUT2D eigenvalue weighted by molar-refractivity contribution is 9.10. The molecule has 1 fully saturated rings. The van der Waals surface area contributed by atoms with Crippen LogP contribution in [-0.4, -0.2) is 18.8 Å². The van der Waals surface area contributed by atoms with Crippen molar-refractivity contribution in [3.8, 4) is 0 Å². The van der Waals surface area contributed by atoms with Gasteiger partial charge < -0.3 is 10.1 Å². The summed E-state index contributed by atoms with van der Waals surface area (Å²) in [6, 6.07) is 4.92. The molecule has 0 heterocycles. The predicted molar refractivity (Wildman–Crippen MR) is 94.0 cm³/mol. The number of anilines is 1. The quantitative estimate of drug-likeness (QED) is 0.773. The molecule has 0 aromatic heterocycles. The van der Waals surface area contributed by atoms with Gasteiger partial charge in [-0.1, -0.05) is 43.6 Å². The summed E-state index contributed by atoms with van der Waals surface area (Å²) in [7, 11) is 0. The Labute approximate surface area is 137 Å². The van der Waals surface area contributed by atoms with Gasteiger partial charge in [-0.3, -0.25) is 0 Å². The van der Waals surface area contributed by atoms with E-state index in [4.69, 9.17) is 4.74 Å². The number of aryl methyl sites for hydroxylation is 2. The monoisotopic (exact) mass is 353 g/mol. The van der Waals surface area contributed by atoms with E-state index in [0.717, 1.165) is 13.0 Å². The summed E-state index contributed by atoms with van der Waals surface area (Å²) < 4.78 is 7.25. The first kappa shape index (κ1) is 16.8. The summed E-state index contributed by atoms with van der Waals surface area (Å²) in [6.45, 7) is 14.2. The molecule has 2 unspecified atom stereocenters. The van der Waals surface area contributed by atoms with E-state index in [-0.39, 0.29) is 5.41 Å². The molecule has 0 bridgehead atoms. The highest BCUT2D eigenvalue weighted by Crippen LogP contribution is 2.44. The minimum absolute atomic E-state index is 0.184. The van der Waals surface area contributed by atoms with E-state index >= 15 is 0 Å². The summed E-state index contributed by atoms with van der Waals surface area (Å²) in [5.74, 6) is 0.601. The van der Waals surface area contributed by atoms with E-state index in [9.17, 15) is 0 Å². The first-order valence-electron chi connectivity index (χ1n) is 7.86. The van der Waals surface area contributed by atoms with E-state index < -0.39 is 0 Å². The zero-order valence-electron chi connectivity index (χ0n) is 14.1. The summed E-state index contributed by atoms with van der Waals surface area (Å²) in [5, 5.41) is 3.69. The molecule has 3 heteroatoms. The minimum atomic E-state index is 0.184. The largest absolute Gasteiger partial charge is 0.382 e. The van der Waals surface area contributed by atoms with Crippen LogP contribution < -0.4 is 5.32 Å². The average molecular weight is 354 g/mol. The van der Waals surface area contributed by atoms with Gasteiger partial charge >= 0.3 is 0 Å². The van der Waals surface area contributed by atoms with Crippen molar-refractivity contribution in [3.05, 3.63) is 27.7 Å².